The Hall–Kier alpha value is -0.818. The van der Waals surface area contributed by atoms with E-state index in [9.17, 15) is 0 Å². The molecular formula is C10H12CrO3. The minimum atomic E-state index is 0.681. The standard InChI is InChI=1S/C10H12O3.Cr/c1-11-7-8-6-9(12-2)4-5-10(8)13-3;/h4-6H,1-3H3;. The second kappa shape index (κ2) is 5.16. The number of hydrogen-bond donors (Lipinski definition) is 0. The first kappa shape index (κ1) is 11.3. The van der Waals surface area contributed by atoms with E-state index in [4.69, 9.17) is 14.2 Å². The number of rotatable bonds is 4. The molecule has 0 heterocycles. The van der Waals surface area contributed by atoms with Gasteiger partial charge in [0.05, 0.1) is 0 Å². The van der Waals surface area contributed by atoms with E-state index in [1.165, 1.54) is 0 Å². The van der Waals surface area contributed by atoms with Gasteiger partial charge in [-0.25, -0.2) is 0 Å². The van der Waals surface area contributed by atoms with E-state index in [1.807, 2.05) is 18.2 Å². The summed E-state index contributed by atoms with van der Waals surface area (Å²) in [5.74, 6) is 1.52. The summed E-state index contributed by atoms with van der Waals surface area (Å²) in [5, 5.41) is 0. The van der Waals surface area contributed by atoms with E-state index in [0.29, 0.717) is 4.57 Å². The van der Waals surface area contributed by atoms with E-state index >= 15 is 0 Å². The Morgan fingerprint density at radius 2 is 1.86 bits per heavy atom. The topological polar surface area (TPSA) is 27.7 Å². The zero-order chi connectivity index (χ0) is 10.6. The van der Waals surface area contributed by atoms with Crippen LogP contribution in [0.1, 0.15) is 5.56 Å². The quantitative estimate of drug-likeness (QED) is 0.784. The normalized spacial score (nSPS) is 9.64. The van der Waals surface area contributed by atoms with Crippen LogP contribution in [-0.2, 0) is 20.6 Å². The molecule has 0 N–H and O–H groups in total. The van der Waals surface area contributed by atoms with Gasteiger partial charge < -0.3 is 0 Å². The number of hydrogen-bond acceptors (Lipinski definition) is 3. The molecule has 0 aliphatic heterocycles. The summed E-state index contributed by atoms with van der Waals surface area (Å²) >= 11 is 2.83. The molecule has 3 nitrogen and oxygen atoms in total. The van der Waals surface area contributed by atoms with Crippen LogP contribution in [0.15, 0.2) is 18.2 Å². The molecular weight excluding hydrogens is 220 g/mol. The molecule has 0 fully saturated rings. The second-order valence-corrected chi connectivity index (χ2v) is 3.14. The third-order valence-electron chi connectivity index (χ3n) is 1.81. The van der Waals surface area contributed by atoms with Crippen molar-refractivity contribution in [3.8, 4) is 11.5 Å². The summed E-state index contributed by atoms with van der Waals surface area (Å²) < 4.78 is 16.1. The predicted molar refractivity (Wildman–Crippen MR) is 50.7 cm³/mol. The van der Waals surface area contributed by atoms with Crippen molar-refractivity contribution in [2.75, 3.05) is 21.3 Å². The maximum atomic E-state index is 5.19. The minimum absolute atomic E-state index is 0.681. The summed E-state index contributed by atoms with van der Waals surface area (Å²) in [7, 11) is 4.84. The van der Waals surface area contributed by atoms with Gasteiger partial charge in [-0.05, 0) is 0 Å². The summed E-state index contributed by atoms with van der Waals surface area (Å²) in [6, 6.07) is 5.53. The van der Waals surface area contributed by atoms with Gasteiger partial charge in [0.25, 0.3) is 0 Å². The summed E-state index contributed by atoms with van der Waals surface area (Å²) in [5.41, 5.74) is 0.856. The molecule has 0 aromatic heterocycles. The van der Waals surface area contributed by atoms with E-state index in [2.05, 4.69) is 15.9 Å². The van der Waals surface area contributed by atoms with Crippen molar-refractivity contribution in [2.45, 2.75) is 0 Å². The maximum absolute atomic E-state index is 5.19. The summed E-state index contributed by atoms with van der Waals surface area (Å²) in [6.45, 7) is 0. The van der Waals surface area contributed by atoms with Gasteiger partial charge in [0.2, 0.25) is 0 Å². The van der Waals surface area contributed by atoms with Crippen LogP contribution < -0.4 is 9.47 Å². The second-order valence-electron chi connectivity index (χ2n) is 2.56. The average Bonchev–Trinajstić information content (AvgIpc) is 2.27. The fraction of sp³-hybridized carbons (Fsp3) is 0.300. The molecule has 0 radical (unpaired) electrons. The SMILES string of the molecule is CO[C](=[Cr])c1cc(OC)ccc1OC. The Bertz CT molecular complexity index is 336. The number of ether oxygens (including phenoxy) is 3. The molecule has 0 aliphatic rings. The monoisotopic (exact) mass is 232 g/mol. The first-order valence-electron chi connectivity index (χ1n) is 4.03. The van der Waals surface area contributed by atoms with Crippen molar-refractivity contribution < 1.29 is 30.1 Å². The van der Waals surface area contributed by atoms with Crippen molar-refractivity contribution in [3.05, 3.63) is 23.8 Å². The molecule has 76 valence electrons. The van der Waals surface area contributed by atoms with Crippen molar-refractivity contribution in [1.82, 2.24) is 0 Å². The van der Waals surface area contributed by atoms with E-state index in [0.717, 1.165) is 17.1 Å². The van der Waals surface area contributed by atoms with Crippen LogP contribution in [0.4, 0.5) is 0 Å². The van der Waals surface area contributed by atoms with Crippen LogP contribution in [-0.4, -0.2) is 25.9 Å². The predicted octanol–water partition coefficient (Wildman–Crippen LogP) is 1.38. The molecule has 0 bridgehead atoms. The molecule has 0 saturated carbocycles. The summed E-state index contributed by atoms with van der Waals surface area (Å²) in [6.07, 6.45) is 0. The van der Waals surface area contributed by atoms with Gasteiger partial charge in [0.1, 0.15) is 0 Å². The molecule has 0 unspecified atom stereocenters. The van der Waals surface area contributed by atoms with Gasteiger partial charge in [-0.15, -0.1) is 0 Å². The third kappa shape index (κ3) is 2.36. The van der Waals surface area contributed by atoms with Crippen molar-refractivity contribution >= 4 is 4.57 Å². The zero-order valence-corrected chi connectivity index (χ0v) is 9.64. The molecule has 1 aromatic carbocycles. The van der Waals surface area contributed by atoms with Crippen LogP contribution in [0.2, 0.25) is 0 Å². The Morgan fingerprint density at radius 1 is 1.14 bits per heavy atom. The summed E-state index contributed by atoms with van der Waals surface area (Å²) in [4.78, 5) is 0. The van der Waals surface area contributed by atoms with Crippen LogP contribution in [0.5, 0.6) is 11.5 Å². The van der Waals surface area contributed by atoms with Gasteiger partial charge in [-0.2, -0.15) is 0 Å². The molecule has 1 aromatic rings. The molecule has 0 spiro atoms. The molecule has 14 heavy (non-hydrogen) atoms. The van der Waals surface area contributed by atoms with Crippen LogP contribution >= 0.6 is 0 Å². The number of benzene rings is 1. The van der Waals surface area contributed by atoms with E-state index in [-0.39, 0.29) is 0 Å². The Kier molecular flexibility index (Phi) is 4.15. The van der Waals surface area contributed by atoms with Crippen LogP contribution in [0.3, 0.4) is 0 Å². The molecule has 0 amide bonds. The van der Waals surface area contributed by atoms with E-state index < -0.39 is 0 Å². The molecule has 4 heteroatoms. The molecule has 0 atom stereocenters. The number of methoxy groups -OCH3 is 3. The fourth-order valence-corrected chi connectivity index (χ4v) is 1.33. The Labute approximate surface area is 91.6 Å². The van der Waals surface area contributed by atoms with E-state index in [1.54, 1.807) is 21.3 Å². The van der Waals surface area contributed by atoms with Gasteiger partial charge in [-0.3, -0.25) is 0 Å². The van der Waals surface area contributed by atoms with Crippen LogP contribution in [0.25, 0.3) is 0 Å². The van der Waals surface area contributed by atoms with Gasteiger partial charge in [0.15, 0.2) is 0 Å². The third-order valence-corrected chi connectivity index (χ3v) is 2.42. The first-order valence-corrected chi connectivity index (χ1v) is 4.67. The first-order chi connectivity index (χ1) is 6.72. The van der Waals surface area contributed by atoms with Gasteiger partial charge >= 0.3 is 91.2 Å². The molecule has 0 saturated heterocycles. The average molecular weight is 232 g/mol. The van der Waals surface area contributed by atoms with Gasteiger partial charge in [-0.1, -0.05) is 0 Å². The van der Waals surface area contributed by atoms with Gasteiger partial charge in [0, 0.05) is 0 Å². The van der Waals surface area contributed by atoms with Crippen molar-refractivity contribution in [1.29, 1.82) is 0 Å². The zero-order valence-electron chi connectivity index (χ0n) is 8.37. The Balaban J connectivity index is 3.14. The van der Waals surface area contributed by atoms with Crippen LogP contribution in [0, 0.1) is 0 Å². The van der Waals surface area contributed by atoms with Crippen molar-refractivity contribution in [2.24, 2.45) is 0 Å². The molecule has 1 rings (SSSR count). The molecule has 0 aliphatic carbocycles. The van der Waals surface area contributed by atoms with Crippen molar-refractivity contribution in [3.63, 3.8) is 0 Å². The fourth-order valence-electron chi connectivity index (χ4n) is 1.08. The Morgan fingerprint density at radius 3 is 2.36 bits per heavy atom.